The summed E-state index contributed by atoms with van der Waals surface area (Å²) in [7, 11) is 2.27. The third-order valence-corrected chi connectivity index (χ3v) is 4.51. The van der Waals surface area contributed by atoms with E-state index in [1.54, 1.807) is 0 Å². The lowest BCUT2D eigenvalue weighted by Gasteiger charge is -2.31. The first-order valence-corrected chi connectivity index (χ1v) is 7.38. The Morgan fingerprint density at radius 1 is 1.41 bits per heavy atom. The van der Waals surface area contributed by atoms with Gasteiger partial charge in [0.1, 0.15) is 0 Å². The lowest BCUT2D eigenvalue weighted by Crippen LogP contribution is -2.44. The molecule has 100 valence electrons. The molecule has 2 aliphatic heterocycles. The van der Waals surface area contributed by atoms with Crippen LogP contribution in [0.5, 0.6) is 0 Å². The van der Waals surface area contributed by atoms with E-state index in [0.29, 0.717) is 0 Å². The second kappa shape index (κ2) is 6.17. The zero-order valence-electron chi connectivity index (χ0n) is 11.8. The van der Waals surface area contributed by atoms with Gasteiger partial charge in [-0.3, -0.25) is 4.90 Å². The smallest absolute Gasteiger partial charge is 0.0238 e. The highest BCUT2D eigenvalue weighted by atomic mass is 15.3. The molecule has 2 aliphatic rings. The third kappa shape index (κ3) is 3.43. The van der Waals surface area contributed by atoms with Crippen LogP contribution in [-0.2, 0) is 0 Å². The Bertz CT molecular complexity index is 216. The largest absolute Gasteiger partial charge is 0.313 e. The first-order chi connectivity index (χ1) is 8.20. The van der Waals surface area contributed by atoms with Crippen LogP contribution in [0, 0.1) is 0 Å². The van der Waals surface area contributed by atoms with Crippen molar-refractivity contribution in [3.05, 3.63) is 0 Å². The molecule has 3 atom stereocenters. The maximum atomic E-state index is 3.64. The zero-order chi connectivity index (χ0) is 12.3. The topological polar surface area (TPSA) is 18.5 Å². The molecule has 2 rings (SSSR count). The van der Waals surface area contributed by atoms with Gasteiger partial charge in [0.25, 0.3) is 0 Å². The van der Waals surface area contributed by atoms with Crippen LogP contribution in [0.4, 0.5) is 0 Å². The van der Waals surface area contributed by atoms with E-state index < -0.39 is 0 Å². The van der Waals surface area contributed by atoms with Gasteiger partial charge in [-0.25, -0.2) is 0 Å². The molecule has 0 aromatic rings. The molecule has 0 amide bonds. The predicted octanol–water partition coefficient (Wildman–Crippen LogP) is 1.54. The fraction of sp³-hybridized carbons (Fsp3) is 1.00. The first kappa shape index (κ1) is 13.3. The Morgan fingerprint density at radius 3 is 2.76 bits per heavy atom. The van der Waals surface area contributed by atoms with Gasteiger partial charge in [-0.05, 0) is 52.7 Å². The van der Waals surface area contributed by atoms with E-state index in [4.69, 9.17) is 0 Å². The Hall–Kier alpha value is -0.120. The summed E-state index contributed by atoms with van der Waals surface area (Å²) in [5, 5.41) is 3.64. The van der Waals surface area contributed by atoms with Gasteiger partial charge in [-0.15, -0.1) is 0 Å². The number of likely N-dealkylation sites (tertiary alicyclic amines) is 1. The molecule has 0 saturated carbocycles. The molecule has 3 nitrogen and oxygen atoms in total. The van der Waals surface area contributed by atoms with E-state index in [9.17, 15) is 0 Å². The highest BCUT2D eigenvalue weighted by Gasteiger charge is 2.31. The van der Waals surface area contributed by atoms with Crippen molar-refractivity contribution in [2.24, 2.45) is 0 Å². The monoisotopic (exact) mass is 239 g/mol. The van der Waals surface area contributed by atoms with Crippen molar-refractivity contribution in [3.63, 3.8) is 0 Å². The number of hydrogen-bond acceptors (Lipinski definition) is 3. The normalized spacial score (nSPS) is 34.9. The second-order valence-electron chi connectivity index (χ2n) is 5.97. The molecular formula is C14H29N3. The fourth-order valence-corrected chi connectivity index (χ4v) is 3.33. The molecule has 1 N–H and O–H groups in total. The Morgan fingerprint density at radius 2 is 2.24 bits per heavy atom. The molecule has 2 heterocycles. The van der Waals surface area contributed by atoms with Gasteiger partial charge in [0.05, 0.1) is 0 Å². The third-order valence-electron chi connectivity index (χ3n) is 4.51. The predicted molar refractivity (Wildman–Crippen MR) is 73.4 cm³/mol. The van der Waals surface area contributed by atoms with Crippen LogP contribution in [-0.4, -0.2) is 61.2 Å². The standard InChI is InChI=1S/C14H29N3/c1-4-8-17(10-13-6-5-7-15-13)14-9-12(2)16(3)11-14/h12-15H,4-11H2,1-3H3. The number of nitrogens with one attached hydrogen (secondary N) is 1. The number of hydrogen-bond donors (Lipinski definition) is 1. The summed E-state index contributed by atoms with van der Waals surface area (Å²) in [6, 6.07) is 2.30. The molecule has 3 heteroatoms. The second-order valence-corrected chi connectivity index (χ2v) is 5.97. The van der Waals surface area contributed by atoms with Crippen molar-refractivity contribution in [3.8, 4) is 0 Å². The lowest BCUT2D eigenvalue weighted by molar-refractivity contribution is 0.182. The molecule has 0 bridgehead atoms. The minimum absolute atomic E-state index is 0.753. The first-order valence-electron chi connectivity index (χ1n) is 7.38. The van der Waals surface area contributed by atoms with Crippen LogP contribution in [0.1, 0.15) is 39.5 Å². The molecule has 2 saturated heterocycles. The molecule has 17 heavy (non-hydrogen) atoms. The quantitative estimate of drug-likeness (QED) is 0.785. The van der Waals surface area contributed by atoms with E-state index in [2.05, 4.69) is 36.0 Å². The Balaban J connectivity index is 1.87. The van der Waals surface area contributed by atoms with Gasteiger partial charge in [0.15, 0.2) is 0 Å². The molecule has 2 fully saturated rings. The van der Waals surface area contributed by atoms with Gasteiger partial charge >= 0.3 is 0 Å². The summed E-state index contributed by atoms with van der Waals surface area (Å²) in [4.78, 5) is 5.25. The van der Waals surface area contributed by atoms with E-state index in [0.717, 1.165) is 18.1 Å². The highest BCUT2D eigenvalue weighted by Crippen LogP contribution is 2.21. The maximum absolute atomic E-state index is 3.64. The molecule has 3 unspecified atom stereocenters. The summed E-state index contributed by atoms with van der Waals surface area (Å²) in [5.41, 5.74) is 0. The van der Waals surface area contributed by atoms with Crippen LogP contribution in [0.2, 0.25) is 0 Å². The van der Waals surface area contributed by atoms with Crippen molar-refractivity contribution >= 4 is 0 Å². The van der Waals surface area contributed by atoms with Crippen LogP contribution in [0.3, 0.4) is 0 Å². The van der Waals surface area contributed by atoms with Crippen LogP contribution < -0.4 is 5.32 Å². The van der Waals surface area contributed by atoms with Crippen molar-refractivity contribution in [1.29, 1.82) is 0 Å². The molecule has 0 aromatic carbocycles. The molecule has 0 spiro atoms. The minimum atomic E-state index is 0.753. The SMILES string of the molecule is CCCN(CC1CCCN1)C1CC(C)N(C)C1. The summed E-state index contributed by atoms with van der Waals surface area (Å²) in [5.74, 6) is 0. The fourth-order valence-electron chi connectivity index (χ4n) is 3.33. The van der Waals surface area contributed by atoms with Crippen molar-refractivity contribution in [2.45, 2.75) is 57.7 Å². The highest BCUT2D eigenvalue weighted by molar-refractivity contribution is 4.89. The average Bonchev–Trinajstić information content (AvgIpc) is 2.90. The average molecular weight is 239 g/mol. The number of rotatable bonds is 5. The van der Waals surface area contributed by atoms with E-state index in [1.807, 2.05) is 0 Å². The van der Waals surface area contributed by atoms with Gasteiger partial charge < -0.3 is 10.2 Å². The Kier molecular flexibility index (Phi) is 4.83. The number of likely N-dealkylation sites (N-methyl/N-ethyl adjacent to an activating group) is 1. The summed E-state index contributed by atoms with van der Waals surface area (Å²) in [6.45, 7) is 9.68. The van der Waals surface area contributed by atoms with Gasteiger partial charge in [-0.1, -0.05) is 6.92 Å². The van der Waals surface area contributed by atoms with Crippen molar-refractivity contribution in [2.75, 3.05) is 33.2 Å². The molecular weight excluding hydrogens is 210 g/mol. The molecule has 0 aromatic heterocycles. The summed E-state index contributed by atoms with van der Waals surface area (Å²) < 4.78 is 0. The van der Waals surface area contributed by atoms with Crippen LogP contribution >= 0.6 is 0 Å². The lowest BCUT2D eigenvalue weighted by atomic mass is 10.1. The van der Waals surface area contributed by atoms with E-state index in [-0.39, 0.29) is 0 Å². The summed E-state index contributed by atoms with van der Waals surface area (Å²) in [6.07, 6.45) is 5.37. The van der Waals surface area contributed by atoms with E-state index in [1.165, 1.54) is 51.9 Å². The summed E-state index contributed by atoms with van der Waals surface area (Å²) >= 11 is 0. The molecule has 0 radical (unpaired) electrons. The van der Waals surface area contributed by atoms with E-state index >= 15 is 0 Å². The van der Waals surface area contributed by atoms with Crippen LogP contribution in [0.25, 0.3) is 0 Å². The number of nitrogens with zero attached hydrogens (tertiary/aromatic N) is 2. The maximum Gasteiger partial charge on any atom is 0.0238 e. The molecule has 0 aliphatic carbocycles. The van der Waals surface area contributed by atoms with Gasteiger partial charge in [0.2, 0.25) is 0 Å². The van der Waals surface area contributed by atoms with Crippen LogP contribution in [0.15, 0.2) is 0 Å². The van der Waals surface area contributed by atoms with Gasteiger partial charge in [-0.2, -0.15) is 0 Å². The zero-order valence-corrected chi connectivity index (χ0v) is 11.8. The van der Waals surface area contributed by atoms with Crippen molar-refractivity contribution in [1.82, 2.24) is 15.1 Å². The van der Waals surface area contributed by atoms with Crippen molar-refractivity contribution < 1.29 is 0 Å². The van der Waals surface area contributed by atoms with Gasteiger partial charge in [0, 0.05) is 31.2 Å². The minimum Gasteiger partial charge on any atom is -0.313 e. The Labute approximate surface area is 107 Å².